The number of nitrogens with zero attached hydrogens (tertiary/aromatic N) is 1. The lowest BCUT2D eigenvalue weighted by Gasteiger charge is -2.38. The normalized spacial score (nSPS) is 17.7. The van der Waals surface area contributed by atoms with E-state index >= 15 is 0 Å². The van der Waals surface area contributed by atoms with Gasteiger partial charge in [-0.3, -0.25) is 0 Å². The summed E-state index contributed by atoms with van der Waals surface area (Å²) in [4.78, 5) is 13.6. The largest absolute Gasteiger partial charge is 0.444 e. The van der Waals surface area contributed by atoms with E-state index in [4.69, 9.17) is 9.47 Å². The Morgan fingerprint density at radius 1 is 1.42 bits per heavy atom. The fourth-order valence-corrected chi connectivity index (χ4v) is 1.86. The fourth-order valence-electron chi connectivity index (χ4n) is 1.86. The summed E-state index contributed by atoms with van der Waals surface area (Å²) in [6.45, 7) is 14.5. The fraction of sp³-hybridized carbons (Fsp3) is 0.929. The first-order chi connectivity index (χ1) is 8.76. The van der Waals surface area contributed by atoms with Crippen LogP contribution in [0.3, 0.4) is 0 Å². The van der Waals surface area contributed by atoms with Crippen molar-refractivity contribution in [3.8, 4) is 0 Å². The molecule has 1 heterocycles. The van der Waals surface area contributed by atoms with Gasteiger partial charge in [-0.25, -0.2) is 4.79 Å². The number of amides is 1. The number of hydrogen-bond donors (Lipinski definition) is 1. The summed E-state index contributed by atoms with van der Waals surface area (Å²) in [5.41, 5.74) is -0.169. The number of likely N-dealkylation sites (N-methyl/N-ethyl adjacent to an activating group) is 1. The molecular formula is C14H28N2O3. The molecule has 0 bridgehead atoms. The van der Waals surface area contributed by atoms with Crippen molar-refractivity contribution < 1.29 is 14.3 Å². The van der Waals surface area contributed by atoms with Gasteiger partial charge in [0.15, 0.2) is 0 Å². The van der Waals surface area contributed by atoms with Gasteiger partial charge >= 0.3 is 6.09 Å². The first-order valence-corrected chi connectivity index (χ1v) is 7.02. The molecule has 1 aliphatic rings. The van der Waals surface area contributed by atoms with Crippen LogP contribution in [0.4, 0.5) is 4.79 Å². The number of carbonyl (C=O) groups excluding carboxylic acids is 1. The van der Waals surface area contributed by atoms with Crippen molar-refractivity contribution in [3.05, 3.63) is 0 Å². The molecule has 0 aromatic heterocycles. The van der Waals surface area contributed by atoms with E-state index in [-0.39, 0.29) is 11.5 Å². The molecule has 0 radical (unpaired) electrons. The van der Waals surface area contributed by atoms with Gasteiger partial charge < -0.3 is 19.7 Å². The average molecular weight is 272 g/mol. The van der Waals surface area contributed by atoms with E-state index in [1.54, 1.807) is 4.90 Å². The van der Waals surface area contributed by atoms with Gasteiger partial charge in [0.05, 0.1) is 13.2 Å². The molecule has 0 unspecified atom stereocenters. The number of hydrogen-bond acceptors (Lipinski definition) is 4. The van der Waals surface area contributed by atoms with Gasteiger partial charge in [0.25, 0.3) is 0 Å². The highest BCUT2D eigenvalue weighted by Crippen LogP contribution is 2.24. The van der Waals surface area contributed by atoms with Crippen molar-refractivity contribution in [2.24, 2.45) is 5.41 Å². The van der Waals surface area contributed by atoms with E-state index in [0.29, 0.717) is 13.1 Å². The van der Waals surface area contributed by atoms with E-state index in [2.05, 4.69) is 12.2 Å². The van der Waals surface area contributed by atoms with Crippen LogP contribution in [0.25, 0.3) is 0 Å². The zero-order chi connectivity index (χ0) is 14.5. The van der Waals surface area contributed by atoms with Crippen molar-refractivity contribution in [1.82, 2.24) is 10.2 Å². The van der Waals surface area contributed by atoms with Crippen LogP contribution in [0.2, 0.25) is 0 Å². The molecule has 1 amide bonds. The second kappa shape index (κ2) is 6.57. The predicted molar refractivity (Wildman–Crippen MR) is 75.3 cm³/mol. The summed E-state index contributed by atoms with van der Waals surface area (Å²) in [5, 5.41) is 3.38. The lowest BCUT2D eigenvalue weighted by molar-refractivity contribution is -0.0990. The molecule has 0 aliphatic carbocycles. The first-order valence-electron chi connectivity index (χ1n) is 7.02. The number of nitrogens with one attached hydrogen (secondary N) is 1. The topological polar surface area (TPSA) is 50.8 Å². The third-order valence-electron chi connectivity index (χ3n) is 3.04. The zero-order valence-electron chi connectivity index (χ0n) is 12.9. The van der Waals surface area contributed by atoms with Crippen LogP contribution in [-0.2, 0) is 9.47 Å². The maximum atomic E-state index is 11.9. The minimum Gasteiger partial charge on any atom is -0.444 e. The van der Waals surface area contributed by atoms with Gasteiger partial charge in [0.1, 0.15) is 5.60 Å². The second-order valence-corrected chi connectivity index (χ2v) is 6.54. The van der Waals surface area contributed by atoms with Crippen LogP contribution in [0.1, 0.15) is 34.6 Å². The molecule has 1 rings (SSSR count). The molecular weight excluding hydrogens is 244 g/mol. The van der Waals surface area contributed by atoms with Gasteiger partial charge in [-0.2, -0.15) is 0 Å². The Morgan fingerprint density at radius 3 is 2.47 bits per heavy atom. The van der Waals surface area contributed by atoms with Gasteiger partial charge in [-0.1, -0.05) is 6.92 Å². The molecule has 1 fully saturated rings. The van der Waals surface area contributed by atoms with Crippen molar-refractivity contribution >= 4 is 6.09 Å². The Hall–Kier alpha value is -0.810. The highest BCUT2D eigenvalue weighted by molar-refractivity contribution is 5.68. The summed E-state index contributed by atoms with van der Waals surface area (Å²) >= 11 is 0. The lowest BCUT2D eigenvalue weighted by atomic mass is 9.89. The van der Waals surface area contributed by atoms with Crippen LogP contribution < -0.4 is 5.32 Å². The van der Waals surface area contributed by atoms with E-state index in [1.165, 1.54) is 0 Å². The molecule has 1 N–H and O–H groups in total. The van der Waals surface area contributed by atoms with Crippen LogP contribution in [0.5, 0.6) is 0 Å². The van der Waals surface area contributed by atoms with Crippen molar-refractivity contribution in [3.63, 3.8) is 0 Å². The second-order valence-electron chi connectivity index (χ2n) is 6.54. The van der Waals surface area contributed by atoms with Crippen LogP contribution in [0, 0.1) is 5.41 Å². The molecule has 0 aromatic carbocycles. The maximum Gasteiger partial charge on any atom is 0.410 e. The summed E-state index contributed by atoms with van der Waals surface area (Å²) in [6, 6.07) is 0. The number of rotatable bonds is 6. The molecule has 0 atom stereocenters. The predicted octanol–water partition coefficient (Wildman–Crippen LogP) is 1.87. The van der Waals surface area contributed by atoms with Crippen molar-refractivity contribution in [2.45, 2.75) is 40.2 Å². The van der Waals surface area contributed by atoms with E-state index in [9.17, 15) is 4.79 Å². The van der Waals surface area contributed by atoms with Crippen LogP contribution in [-0.4, -0.2) is 56.0 Å². The standard InChI is InChI=1S/C14H28N2O3/c1-6-16(12(17)19-13(2,3)4)8-7-15-9-14(5)10-18-11-14/h15H,6-11H2,1-5H3. The van der Waals surface area contributed by atoms with Gasteiger partial charge in [-0.05, 0) is 27.7 Å². The molecule has 19 heavy (non-hydrogen) atoms. The molecule has 5 nitrogen and oxygen atoms in total. The highest BCUT2D eigenvalue weighted by atomic mass is 16.6. The average Bonchev–Trinajstić information content (AvgIpc) is 2.24. The maximum absolute atomic E-state index is 11.9. The molecule has 0 saturated carbocycles. The third-order valence-corrected chi connectivity index (χ3v) is 3.04. The van der Waals surface area contributed by atoms with Crippen molar-refractivity contribution in [1.29, 1.82) is 0 Å². The molecule has 112 valence electrons. The minimum atomic E-state index is -0.436. The lowest BCUT2D eigenvalue weighted by Crippen LogP contribution is -2.49. The molecule has 1 saturated heterocycles. The van der Waals surface area contributed by atoms with Gasteiger partial charge in [0.2, 0.25) is 0 Å². The Bertz CT molecular complexity index is 296. The monoisotopic (exact) mass is 272 g/mol. The summed E-state index contributed by atoms with van der Waals surface area (Å²) < 4.78 is 10.6. The van der Waals surface area contributed by atoms with E-state index in [0.717, 1.165) is 26.3 Å². The van der Waals surface area contributed by atoms with Crippen LogP contribution >= 0.6 is 0 Å². The van der Waals surface area contributed by atoms with Crippen molar-refractivity contribution in [2.75, 3.05) is 39.4 Å². The summed E-state index contributed by atoms with van der Waals surface area (Å²) in [6.07, 6.45) is -0.241. The Balaban J connectivity index is 2.22. The molecule has 0 aromatic rings. The Labute approximate surface area is 116 Å². The van der Waals surface area contributed by atoms with E-state index in [1.807, 2.05) is 27.7 Å². The molecule has 1 aliphatic heterocycles. The highest BCUT2D eigenvalue weighted by Gasteiger charge is 2.32. The number of ether oxygens (including phenoxy) is 2. The van der Waals surface area contributed by atoms with Gasteiger partial charge in [-0.15, -0.1) is 0 Å². The molecule has 0 spiro atoms. The SMILES string of the molecule is CCN(CCNCC1(C)COC1)C(=O)OC(C)(C)C. The minimum absolute atomic E-state index is 0.241. The van der Waals surface area contributed by atoms with Gasteiger partial charge in [0, 0.05) is 31.6 Å². The molecule has 5 heteroatoms. The Morgan fingerprint density at radius 2 is 2.05 bits per heavy atom. The van der Waals surface area contributed by atoms with E-state index < -0.39 is 5.60 Å². The van der Waals surface area contributed by atoms with Crippen LogP contribution in [0.15, 0.2) is 0 Å². The quantitative estimate of drug-likeness (QED) is 0.750. The summed E-state index contributed by atoms with van der Waals surface area (Å²) in [5.74, 6) is 0. The number of carbonyl (C=O) groups is 1. The third kappa shape index (κ3) is 5.78. The zero-order valence-corrected chi connectivity index (χ0v) is 12.9. The Kier molecular flexibility index (Phi) is 5.62. The summed E-state index contributed by atoms with van der Waals surface area (Å²) in [7, 11) is 0. The first kappa shape index (κ1) is 16.2. The smallest absolute Gasteiger partial charge is 0.410 e.